The van der Waals surface area contributed by atoms with E-state index in [1.54, 1.807) is 24.3 Å². The highest BCUT2D eigenvalue weighted by atomic mass is 32.2. The molecule has 7 heteroatoms. The number of thioether (sulfide) groups is 1. The van der Waals surface area contributed by atoms with Crippen LogP contribution >= 0.6 is 11.8 Å². The summed E-state index contributed by atoms with van der Waals surface area (Å²) >= 11 is 1.38. The second kappa shape index (κ2) is 9.22. The summed E-state index contributed by atoms with van der Waals surface area (Å²) < 4.78 is 5.99. The van der Waals surface area contributed by atoms with Gasteiger partial charge in [0.15, 0.2) is 11.6 Å². The fourth-order valence-corrected chi connectivity index (χ4v) is 4.32. The minimum absolute atomic E-state index is 0.00779. The lowest BCUT2D eigenvalue weighted by Gasteiger charge is -2.32. The smallest absolute Gasteiger partial charge is 0.234 e. The lowest BCUT2D eigenvalue weighted by molar-refractivity contribution is -0.113. The minimum Gasteiger partial charge on any atom is -0.370 e. The number of aromatic nitrogens is 2. The number of hydrogen-bond acceptors (Lipinski definition) is 6. The molecular formula is C25H25N3O3S. The van der Waals surface area contributed by atoms with Crippen molar-refractivity contribution in [2.45, 2.75) is 44.4 Å². The number of Topliss-reactive ketones (excluding diaryl/α,β-unsaturated/α-hetero) is 1. The molecule has 0 bridgehead atoms. The van der Waals surface area contributed by atoms with E-state index in [4.69, 9.17) is 14.7 Å². The molecule has 0 unspecified atom stereocenters. The number of nitrogens with zero attached hydrogens (tertiary/aromatic N) is 2. The zero-order valence-corrected chi connectivity index (χ0v) is 19.2. The number of ketones is 1. The molecule has 3 aromatic rings. The highest BCUT2D eigenvalue weighted by molar-refractivity contribution is 8.00. The SMILES string of the molecule is CC(=O)c1ccc(NC(=O)CSc2nc(-c3ccccc3)nc3c2COC(C)(C)C3)cc1. The standard InChI is InChI=1S/C25H25N3O3S/c1-16(29)17-9-11-19(12-10-17)26-22(30)15-32-24-20-14-31-25(2,3)13-21(20)27-23(28-24)18-7-5-4-6-8-18/h4-12H,13-15H2,1-3H3,(H,26,30). The molecule has 1 aliphatic rings. The zero-order chi connectivity index (χ0) is 22.7. The van der Waals surface area contributed by atoms with Crippen molar-refractivity contribution in [3.8, 4) is 11.4 Å². The number of hydrogen-bond donors (Lipinski definition) is 1. The maximum Gasteiger partial charge on any atom is 0.234 e. The van der Waals surface area contributed by atoms with Crippen LogP contribution in [0.15, 0.2) is 59.6 Å². The molecule has 0 fully saturated rings. The molecule has 1 N–H and O–H groups in total. The Morgan fingerprint density at radius 3 is 2.47 bits per heavy atom. The van der Waals surface area contributed by atoms with Crippen molar-refractivity contribution in [3.05, 3.63) is 71.4 Å². The van der Waals surface area contributed by atoms with Crippen LogP contribution in [0.25, 0.3) is 11.4 Å². The number of anilines is 1. The van der Waals surface area contributed by atoms with Crippen LogP contribution in [0.1, 0.15) is 42.4 Å². The molecule has 32 heavy (non-hydrogen) atoms. The fraction of sp³-hybridized carbons (Fsp3) is 0.280. The van der Waals surface area contributed by atoms with E-state index < -0.39 is 0 Å². The molecule has 0 saturated carbocycles. The maximum atomic E-state index is 12.6. The molecule has 0 saturated heterocycles. The highest BCUT2D eigenvalue weighted by Crippen LogP contribution is 2.34. The van der Waals surface area contributed by atoms with E-state index in [1.807, 2.05) is 30.3 Å². The van der Waals surface area contributed by atoms with Crippen LogP contribution in [0.4, 0.5) is 5.69 Å². The van der Waals surface area contributed by atoms with E-state index in [-0.39, 0.29) is 23.0 Å². The van der Waals surface area contributed by atoms with Gasteiger partial charge >= 0.3 is 0 Å². The Labute approximate surface area is 191 Å². The zero-order valence-electron chi connectivity index (χ0n) is 18.3. The third-order valence-electron chi connectivity index (χ3n) is 5.20. The van der Waals surface area contributed by atoms with E-state index in [2.05, 4.69) is 19.2 Å². The van der Waals surface area contributed by atoms with E-state index in [0.717, 1.165) is 21.8 Å². The molecule has 2 aromatic carbocycles. The summed E-state index contributed by atoms with van der Waals surface area (Å²) in [6.45, 7) is 6.05. The van der Waals surface area contributed by atoms with Crippen LogP contribution < -0.4 is 5.32 Å². The first-order chi connectivity index (χ1) is 15.3. The van der Waals surface area contributed by atoms with Gasteiger partial charge in [0.05, 0.1) is 23.7 Å². The molecule has 0 aliphatic carbocycles. The van der Waals surface area contributed by atoms with Crippen LogP contribution in [0, 0.1) is 0 Å². The van der Waals surface area contributed by atoms with Gasteiger partial charge in [0, 0.05) is 28.8 Å². The number of fused-ring (bicyclic) bond motifs is 1. The van der Waals surface area contributed by atoms with Gasteiger partial charge in [0.1, 0.15) is 5.03 Å². The Hall–Kier alpha value is -3.03. The summed E-state index contributed by atoms with van der Waals surface area (Å²) in [7, 11) is 0. The normalized spacial score (nSPS) is 14.5. The molecule has 1 aromatic heterocycles. The summed E-state index contributed by atoms with van der Waals surface area (Å²) in [4.78, 5) is 33.6. The molecule has 1 aliphatic heterocycles. The number of amides is 1. The van der Waals surface area contributed by atoms with Crippen molar-refractivity contribution in [3.63, 3.8) is 0 Å². The van der Waals surface area contributed by atoms with Gasteiger partial charge in [0.25, 0.3) is 0 Å². The Bertz CT molecular complexity index is 1150. The second-order valence-electron chi connectivity index (χ2n) is 8.34. The van der Waals surface area contributed by atoms with Crippen LogP contribution in [0.3, 0.4) is 0 Å². The van der Waals surface area contributed by atoms with Crippen molar-refractivity contribution in [2.75, 3.05) is 11.1 Å². The van der Waals surface area contributed by atoms with Crippen molar-refractivity contribution in [2.24, 2.45) is 0 Å². The van der Waals surface area contributed by atoms with E-state index in [0.29, 0.717) is 30.1 Å². The van der Waals surface area contributed by atoms with Gasteiger partial charge in [-0.15, -0.1) is 0 Å². The lowest BCUT2D eigenvalue weighted by Crippen LogP contribution is -2.33. The third-order valence-corrected chi connectivity index (χ3v) is 6.22. The van der Waals surface area contributed by atoms with Crippen molar-refractivity contribution < 1.29 is 14.3 Å². The molecule has 0 radical (unpaired) electrons. The van der Waals surface area contributed by atoms with E-state index in [1.165, 1.54) is 18.7 Å². The van der Waals surface area contributed by atoms with E-state index in [9.17, 15) is 9.59 Å². The Balaban J connectivity index is 1.53. The van der Waals surface area contributed by atoms with Crippen LogP contribution in [-0.4, -0.2) is 33.0 Å². The lowest BCUT2D eigenvalue weighted by atomic mass is 9.96. The fourth-order valence-electron chi connectivity index (χ4n) is 3.48. The van der Waals surface area contributed by atoms with Crippen LogP contribution in [-0.2, 0) is 22.6 Å². The van der Waals surface area contributed by atoms with E-state index >= 15 is 0 Å². The van der Waals surface area contributed by atoms with Gasteiger partial charge < -0.3 is 10.1 Å². The molecule has 1 amide bonds. The number of nitrogens with one attached hydrogen (secondary N) is 1. The first-order valence-electron chi connectivity index (χ1n) is 10.4. The number of carbonyl (C=O) groups is 2. The maximum absolute atomic E-state index is 12.6. The number of ether oxygens (including phenoxy) is 1. The van der Waals surface area contributed by atoms with Gasteiger partial charge in [-0.1, -0.05) is 42.1 Å². The highest BCUT2D eigenvalue weighted by Gasteiger charge is 2.30. The molecule has 0 spiro atoms. The molecular weight excluding hydrogens is 422 g/mol. The van der Waals surface area contributed by atoms with Gasteiger partial charge in [-0.3, -0.25) is 9.59 Å². The summed E-state index contributed by atoms with van der Waals surface area (Å²) in [5.41, 5.74) is 3.84. The summed E-state index contributed by atoms with van der Waals surface area (Å²) in [5, 5.41) is 3.64. The predicted molar refractivity (Wildman–Crippen MR) is 126 cm³/mol. The average Bonchev–Trinajstić information content (AvgIpc) is 2.77. The third kappa shape index (κ3) is 5.23. The van der Waals surface area contributed by atoms with Gasteiger partial charge in [-0.05, 0) is 45.0 Å². The number of rotatable bonds is 6. The number of carbonyl (C=O) groups excluding carboxylic acids is 2. The monoisotopic (exact) mass is 447 g/mol. The average molecular weight is 448 g/mol. The molecule has 6 nitrogen and oxygen atoms in total. The first-order valence-corrected chi connectivity index (χ1v) is 11.4. The Kier molecular flexibility index (Phi) is 6.39. The topological polar surface area (TPSA) is 81.2 Å². The summed E-state index contributed by atoms with van der Waals surface area (Å²) in [6.07, 6.45) is 0.687. The van der Waals surface area contributed by atoms with Gasteiger partial charge in [0.2, 0.25) is 5.91 Å². The predicted octanol–water partition coefficient (Wildman–Crippen LogP) is 4.93. The summed E-state index contributed by atoms with van der Waals surface area (Å²) in [5.74, 6) is 0.711. The number of benzene rings is 2. The minimum atomic E-state index is -0.291. The Morgan fingerprint density at radius 1 is 1.06 bits per heavy atom. The molecule has 4 rings (SSSR count). The van der Waals surface area contributed by atoms with Crippen LogP contribution in [0.2, 0.25) is 0 Å². The first kappa shape index (κ1) is 22.2. The van der Waals surface area contributed by atoms with Crippen molar-refractivity contribution >= 4 is 29.1 Å². The van der Waals surface area contributed by atoms with Gasteiger partial charge in [-0.2, -0.15) is 0 Å². The molecule has 0 atom stereocenters. The quantitative estimate of drug-likeness (QED) is 0.328. The molecule has 2 heterocycles. The van der Waals surface area contributed by atoms with Gasteiger partial charge in [-0.25, -0.2) is 9.97 Å². The van der Waals surface area contributed by atoms with Crippen molar-refractivity contribution in [1.29, 1.82) is 0 Å². The molecule has 164 valence electrons. The summed E-state index contributed by atoms with van der Waals surface area (Å²) in [6, 6.07) is 16.7. The Morgan fingerprint density at radius 2 is 1.78 bits per heavy atom. The largest absolute Gasteiger partial charge is 0.370 e. The van der Waals surface area contributed by atoms with Crippen molar-refractivity contribution in [1.82, 2.24) is 9.97 Å². The second-order valence-corrected chi connectivity index (χ2v) is 9.30. The van der Waals surface area contributed by atoms with Crippen LogP contribution in [0.5, 0.6) is 0 Å².